The number of nitrogens with zero attached hydrogens (tertiary/aromatic N) is 2. The van der Waals surface area contributed by atoms with Crippen LogP contribution in [0.2, 0.25) is 0 Å². The Morgan fingerprint density at radius 1 is 0.974 bits per heavy atom. The Kier molecular flexibility index (Phi) is 10.2. The van der Waals surface area contributed by atoms with Gasteiger partial charge in [0.2, 0.25) is 11.8 Å². The van der Waals surface area contributed by atoms with E-state index < -0.39 is 34.3 Å². The van der Waals surface area contributed by atoms with E-state index >= 15 is 0 Å². The molecule has 0 bridgehead atoms. The van der Waals surface area contributed by atoms with E-state index in [-0.39, 0.29) is 17.3 Å². The van der Waals surface area contributed by atoms with Crippen molar-refractivity contribution in [3.8, 4) is 0 Å². The van der Waals surface area contributed by atoms with Crippen LogP contribution in [0.25, 0.3) is 0 Å². The molecule has 0 aliphatic carbocycles. The van der Waals surface area contributed by atoms with E-state index in [0.717, 1.165) is 22.7 Å². The van der Waals surface area contributed by atoms with Crippen molar-refractivity contribution in [1.82, 2.24) is 10.2 Å². The van der Waals surface area contributed by atoms with E-state index in [1.165, 1.54) is 29.2 Å². The van der Waals surface area contributed by atoms with Gasteiger partial charge in [-0.05, 0) is 68.7 Å². The molecule has 0 aromatic heterocycles. The maximum atomic E-state index is 13.9. The molecule has 0 spiro atoms. The van der Waals surface area contributed by atoms with Crippen LogP contribution in [0.3, 0.4) is 0 Å². The Morgan fingerprint density at radius 3 is 2.26 bits per heavy atom. The molecular formula is C30H36FN3O4S. The average molecular weight is 554 g/mol. The van der Waals surface area contributed by atoms with Crippen LogP contribution in [-0.2, 0) is 26.2 Å². The van der Waals surface area contributed by atoms with E-state index in [4.69, 9.17) is 0 Å². The summed E-state index contributed by atoms with van der Waals surface area (Å²) in [7, 11) is -4.12. The Morgan fingerprint density at radius 2 is 1.64 bits per heavy atom. The molecule has 3 aromatic carbocycles. The molecule has 3 aromatic rings. The number of benzene rings is 3. The van der Waals surface area contributed by atoms with Gasteiger partial charge in [0.1, 0.15) is 18.4 Å². The van der Waals surface area contributed by atoms with Gasteiger partial charge in [0.25, 0.3) is 10.0 Å². The summed E-state index contributed by atoms with van der Waals surface area (Å²) < 4.78 is 42.3. The summed E-state index contributed by atoms with van der Waals surface area (Å²) >= 11 is 0. The number of hydrogen-bond acceptors (Lipinski definition) is 4. The fourth-order valence-corrected chi connectivity index (χ4v) is 5.72. The quantitative estimate of drug-likeness (QED) is 0.321. The molecule has 3 rings (SSSR count). The summed E-state index contributed by atoms with van der Waals surface area (Å²) in [5.41, 5.74) is 2.63. The molecule has 0 aliphatic rings. The van der Waals surface area contributed by atoms with Gasteiger partial charge in [-0.25, -0.2) is 12.8 Å². The van der Waals surface area contributed by atoms with E-state index in [2.05, 4.69) is 5.32 Å². The van der Waals surface area contributed by atoms with Crippen molar-refractivity contribution >= 4 is 27.5 Å². The first-order valence-corrected chi connectivity index (χ1v) is 14.4. The minimum Gasteiger partial charge on any atom is -0.354 e. The summed E-state index contributed by atoms with van der Waals surface area (Å²) in [4.78, 5) is 28.3. The fourth-order valence-electron chi connectivity index (χ4n) is 4.22. The van der Waals surface area contributed by atoms with Crippen LogP contribution in [0.5, 0.6) is 0 Å². The SMILES string of the molecule is CCCCNC(=O)C(C)N(Cc1ccc(F)cc1)C(=O)CN(c1ccc(C)cc1C)S(=O)(=O)c1ccccc1. The monoisotopic (exact) mass is 553 g/mol. The summed E-state index contributed by atoms with van der Waals surface area (Å²) in [6, 6.07) is 18.0. The van der Waals surface area contributed by atoms with E-state index in [9.17, 15) is 22.4 Å². The lowest BCUT2D eigenvalue weighted by molar-refractivity contribution is -0.139. The van der Waals surface area contributed by atoms with Crippen molar-refractivity contribution in [2.45, 2.75) is 58.0 Å². The number of aryl methyl sites for hydroxylation is 2. The zero-order valence-electron chi connectivity index (χ0n) is 22.9. The van der Waals surface area contributed by atoms with E-state index in [1.807, 2.05) is 19.9 Å². The second kappa shape index (κ2) is 13.4. The second-order valence-electron chi connectivity index (χ2n) is 9.58. The molecule has 0 radical (unpaired) electrons. The largest absolute Gasteiger partial charge is 0.354 e. The van der Waals surface area contributed by atoms with E-state index in [0.29, 0.717) is 23.4 Å². The number of halogens is 1. The zero-order valence-corrected chi connectivity index (χ0v) is 23.7. The first-order chi connectivity index (χ1) is 18.5. The van der Waals surface area contributed by atoms with Crippen molar-refractivity contribution in [2.24, 2.45) is 0 Å². The van der Waals surface area contributed by atoms with Crippen molar-refractivity contribution in [2.75, 3.05) is 17.4 Å². The Hall–Kier alpha value is -3.72. The number of nitrogens with one attached hydrogen (secondary N) is 1. The minimum atomic E-state index is -4.12. The third kappa shape index (κ3) is 7.66. The normalized spacial score (nSPS) is 12.0. The lowest BCUT2D eigenvalue weighted by atomic mass is 10.1. The predicted molar refractivity (Wildman–Crippen MR) is 151 cm³/mol. The first kappa shape index (κ1) is 29.8. The molecular weight excluding hydrogens is 517 g/mol. The molecule has 1 atom stereocenters. The molecule has 0 fully saturated rings. The van der Waals surface area contributed by atoms with Gasteiger partial charge in [-0.1, -0.05) is 61.4 Å². The van der Waals surface area contributed by atoms with Gasteiger partial charge in [0.15, 0.2) is 0 Å². The standard InChI is InChI=1S/C30H36FN3O4S/c1-5-6-18-32-30(36)24(4)33(20-25-13-15-26(31)16-14-25)29(35)21-34(28-17-12-22(2)19-23(28)3)39(37,38)27-10-8-7-9-11-27/h7-17,19,24H,5-6,18,20-21H2,1-4H3,(H,32,36). The van der Waals surface area contributed by atoms with Crippen LogP contribution < -0.4 is 9.62 Å². The minimum absolute atomic E-state index is 0.00752. The Balaban J connectivity index is 2.01. The number of sulfonamides is 1. The predicted octanol–water partition coefficient (Wildman–Crippen LogP) is 4.97. The highest BCUT2D eigenvalue weighted by Crippen LogP contribution is 2.28. The molecule has 0 saturated heterocycles. The Labute approximate surface area is 230 Å². The summed E-state index contributed by atoms with van der Waals surface area (Å²) in [5, 5.41) is 2.85. The zero-order chi connectivity index (χ0) is 28.6. The van der Waals surface area contributed by atoms with Crippen LogP contribution in [0.15, 0.2) is 77.7 Å². The molecule has 1 unspecified atom stereocenters. The molecule has 9 heteroatoms. The van der Waals surface area contributed by atoms with Gasteiger partial charge >= 0.3 is 0 Å². The molecule has 0 saturated carbocycles. The number of unbranched alkanes of at least 4 members (excludes halogenated alkanes) is 1. The van der Waals surface area contributed by atoms with Gasteiger partial charge < -0.3 is 10.2 Å². The van der Waals surface area contributed by atoms with Gasteiger partial charge in [-0.2, -0.15) is 0 Å². The summed E-state index contributed by atoms with van der Waals surface area (Å²) in [6.45, 7) is 7.27. The maximum Gasteiger partial charge on any atom is 0.264 e. The summed E-state index contributed by atoms with van der Waals surface area (Å²) in [6.07, 6.45) is 1.69. The maximum absolute atomic E-state index is 13.9. The molecule has 2 amide bonds. The molecule has 39 heavy (non-hydrogen) atoms. The van der Waals surface area contributed by atoms with Crippen LogP contribution in [0, 0.1) is 19.7 Å². The van der Waals surface area contributed by atoms with Crippen molar-refractivity contribution in [3.63, 3.8) is 0 Å². The fraction of sp³-hybridized carbons (Fsp3) is 0.333. The van der Waals surface area contributed by atoms with Gasteiger partial charge in [-0.15, -0.1) is 0 Å². The number of rotatable bonds is 12. The lowest BCUT2D eigenvalue weighted by Gasteiger charge is -2.32. The lowest BCUT2D eigenvalue weighted by Crippen LogP contribution is -2.51. The third-order valence-electron chi connectivity index (χ3n) is 6.49. The number of carbonyl (C=O) groups is 2. The number of hydrogen-bond donors (Lipinski definition) is 1. The Bertz CT molecular complexity index is 1380. The van der Waals surface area contributed by atoms with Crippen molar-refractivity contribution in [3.05, 3.63) is 95.3 Å². The van der Waals surface area contributed by atoms with Crippen LogP contribution in [-0.4, -0.2) is 44.3 Å². The topological polar surface area (TPSA) is 86.8 Å². The van der Waals surface area contributed by atoms with Crippen LogP contribution in [0.1, 0.15) is 43.4 Å². The van der Waals surface area contributed by atoms with Crippen LogP contribution in [0.4, 0.5) is 10.1 Å². The molecule has 1 N–H and O–H groups in total. The second-order valence-corrected chi connectivity index (χ2v) is 11.4. The van der Waals surface area contributed by atoms with Crippen molar-refractivity contribution < 1.29 is 22.4 Å². The van der Waals surface area contributed by atoms with Gasteiger partial charge in [0.05, 0.1) is 10.6 Å². The van der Waals surface area contributed by atoms with Gasteiger partial charge in [-0.3, -0.25) is 13.9 Å². The summed E-state index contributed by atoms with van der Waals surface area (Å²) in [5.74, 6) is -1.32. The van der Waals surface area contributed by atoms with Crippen LogP contribution >= 0.6 is 0 Å². The third-order valence-corrected chi connectivity index (χ3v) is 8.27. The number of carbonyl (C=O) groups excluding carboxylic acids is 2. The number of anilines is 1. The molecule has 0 heterocycles. The molecule has 0 aliphatic heterocycles. The van der Waals surface area contributed by atoms with Crippen molar-refractivity contribution in [1.29, 1.82) is 0 Å². The highest BCUT2D eigenvalue weighted by Gasteiger charge is 2.33. The molecule has 7 nitrogen and oxygen atoms in total. The highest BCUT2D eigenvalue weighted by atomic mass is 32.2. The first-order valence-electron chi connectivity index (χ1n) is 13.0. The number of amides is 2. The van der Waals surface area contributed by atoms with Gasteiger partial charge in [0, 0.05) is 13.1 Å². The van der Waals surface area contributed by atoms with E-state index in [1.54, 1.807) is 56.3 Å². The highest BCUT2D eigenvalue weighted by molar-refractivity contribution is 7.92. The molecule has 208 valence electrons. The smallest absolute Gasteiger partial charge is 0.264 e. The average Bonchev–Trinajstić information content (AvgIpc) is 2.91.